The topological polar surface area (TPSA) is 96.7 Å². The van der Waals surface area contributed by atoms with Crippen LogP contribution in [0, 0.1) is 0 Å². The fourth-order valence-corrected chi connectivity index (χ4v) is 3.78. The van der Waals surface area contributed by atoms with E-state index in [9.17, 15) is 9.59 Å². The molecule has 2 rings (SSSR count). The molecule has 0 aliphatic carbocycles. The molecule has 2 heterocycles. The molecule has 1 aliphatic heterocycles. The number of fused-ring (bicyclic) bond motifs is 1. The average Bonchev–Trinajstić information content (AvgIpc) is 2.89. The van der Waals surface area contributed by atoms with E-state index in [4.69, 9.17) is 10.5 Å². The molecular formula is C15H24N4O3S. The van der Waals surface area contributed by atoms with Gasteiger partial charge in [-0.05, 0) is 25.1 Å². The van der Waals surface area contributed by atoms with E-state index in [0.717, 1.165) is 30.1 Å². The maximum atomic E-state index is 12.0. The molecule has 23 heavy (non-hydrogen) atoms. The van der Waals surface area contributed by atoms with Crippen molar-refractivity contribution in [2.24, 2.45) is 5.73 Å². The number of hydrogen-bond acceptors (Lipinski definition) is 5. The fourth-order valence-electron chi connectivity index (χ4n) is 2.60. The number of carbonyl (C=O) groups excluding carboxylic acids is 2. The number of rotatable bonds is 7. The molecule has 0 bridgehead atoms. The van der Waals surface area contributed by atoms with Crippen LogP contribution >= 0.6 is 11.3 Å². The van der Waals surface area contributed by atoms with Crippen molar-refractivity contribution in [3.8, 4) is 0 Å². The van der Waals surface area contributed by atoms with E-state index in [0.29, 0.717) is 36.7 Å². The summed E-state index contributed by atoms with van der Waals surface area (Å²) in [6, 6.07) is -0.320. The second-order valence-electron chi connectivity index (χ2n) is 5.28. The first-order valence-corrected chi connectivity index (χ1v) is 8.67. The minimum absolute atomic E-state index is 0.320. The van der Waals surface area contributed by atoms with Gasteiger partial charge in [0.2, 0.25) is 0 Å². The van der Waals surface area contributed by atoms with Gasteiger partial charge in [0.1, 0.15) is 5.00 Å². The van der Waals surface area contributed by atoms with E-state index in [1.807, 2.05) is 0 Å². The normalized spacial score (nSPS) is 13.7. The van der Waals surface area contributed by atoms with Crippen molar-refractivity contribution in [3.05, 3.63) is 16.0 Å². The van der Waals surface area contributed by atoms with E-state index in [1.54, 1.807) is 0 Å². The number of carbonyl (C=O) groups is 2. The largest absolute Gasteiger partial charge is 0.376 e. The molecular weight excluding hydrogens is 316 g/mol. The van der Waals surface area contributed by atoms with Gasteiger partial charge >= 0.3 is 6.03 Å². The Morgan fingerprint density at radius 1 is 1.35 bits per heavy atom. The van der Waals surface area contributed by atoms with E-state index in [1.165, 1.54) is 11.3 Å². The molecule has 0 saturated carbocycles. The Balaban J connectivity index is 1.98. The number of urea groups is 1. The second kappa shape index (κ2) is 8.28. The van der Waals surface area contributed by atoms with Crippen LogP contribution in [0.3, 0.4) is 0 Å². The van der Waals surface area contributed by atoms with E-state index < -0.39 is 5.91 Å². The number of ether oxygens (including phenoxy) is 1. The SMILES string of the molecule is CCN(CC)CCNC(=O)Nc1sc2c(c1C(N)=O)CCOC2. The molecule has 3 amide bonds. The number of hydrogen-bond donors (Lipinski definition) is 3. The van der Waals surface area contributed by atoms with Gasteiger partial charge in [-0.2, -0.15) is 0 Å². The van der Waals surface area contributed by atoms with E-state index in [-0.39, 0.29) is 6.03 Å². The summed E-state index contributed by atoms with van der Waals surface area (Å²) in [5.74, 6) is -0.511. The lowest BCUT2D eigenvalue weighted by atomic mass is 10.1. The van der Waals surface area contributed by atoms with Gasteiger partial charge in [0, 0.05) is 18.0 Å². The van der Waals surface area contributed by atoms with Crippen LogP contribution in [0.1, 0.15) is 34.6 Å². The number of nitrogens with one attached hydrogen (secondary N) is 2. The van der Waals surface area contributed by atoms with Crippen LogP contribution in [0.4, 0.5) is 9.80 Å². The van der Waals surface area contributed by atoms with Gasteiger partial charge in [-0.3, -0.25) is 10.1 Å². The van der Waals surface area contributed by atoms with Gasteiger partial charge in [0.05, 0.1) is 18.8 Å². The third-order valence-electron chi connectivity index (χ3n) is 3.90. The predicted molar refractivity (Wildman–Crippen MR) is 91.0 cm³/mol. The van der Waals surface area contributed by atoms with Crippen molar-refractivity contribution in [1.82, 2.24) is 10.2 Å². The molecule has 8 heteroatoms. The van der Waals surface area contributed by atoms with Gasteiger partial charge in [0.15, 0.2) is 0 Å². The highest BCUT2D eigenvalue weighted by molar-refractivity contribution is 7.17. The Morgan fingerprint density at radius 3 is 2.74 bits per heavy atom. The highest BCUT2D eigenvalue weighted by Gasteiger charge is 2.25. The first-order chi connectivity index (χ1) is 11.1. The first kappa shape index (κ1) is 17.7. The van der Waals surface area contributed by atoms with Crippen molar-refractivity contribution in [3.63, 3.8) is 0 Å². The lowest BCUT2D eigenvalue weighted by Gasteiger charge is -2.18. The van der Waals surface area contributed by atoms with Gasteiger partial charge in [0.25, 0.3) is 5.91 Å². The van der Waals surface area contributed by atoms with Gasteiger partial charge in [-0.15, -0.1) is 11.3 Å². The van der Waals surface area contributed by atoms with Crippen LogP contribution in [0.2, 0.25) is 0 Å². The Hall–Kier alpha value is -1.64. The molecule has 0 aromatic carbocycles. The van der Waals surface area contributed by atoms with Crippen molar-refractivity contribution in [2.45, 2.75) is 26.9 Å². The van der Waals surface area contributed by atoms with Gasteiger partial charge in [-0.25, -0.2) is 4.79 Å². The summed E-state index contributed by atoms with van der Waals surface area (Å²) >= 11 is 1.36. The molecule has 128 valence electrons. The minimum Gasteiger partial charge on any atom is -0.376 e. The Labute approximate surface area is 140 Å². The van der Waals surface area contributed by atoms with E-state index in [2.05, 4.69) is 29.4 Å². The molecule has 7 nitrogen and oxygen atoms in total. The quantitative estimate of drug-likeness (QED) is 0.699. The summed E-state index contributed by atoms with van der Waals surface area (Å²) in [6.07, 6.45) is 0.648. The third kappa shape index (κ3) is 4.43. The molecule has 0 spiro atoms. The molecule has 0 atom stereocenters. The number of nitrogens with two attached hydrogens (primary N) is 1. The summed E-state index contributed by atoms with van der Waals surface area (Å²) in [4.78, 5) is 26.9. The standard InChI is InChI=1S/C15H24N4O3S/c1-3-19(4-2)7-6-17-15(21)18-14-12(13(16)20)10-5-8-22-9-11(10)23-14/h3-9H2,1-2H3,(H2,16,20)(H2,17,18,21). The number of anilines is 1. The summed E-state index contributed by atoms with van der Waals surface area (Å²) in [6.45, 7) is 8.44. The van der Waals surface area contributed by atoms with Crippen molar-refractivity contribution in [1.29, 1.82) is 0 Å². The van der Waals surface area contributed by atoms with Crippen LogP contribution in [-0.2, 0) is 17.8 Å². The zero-order chi connectivity index (χ0) is 16.8. The smallest absolute Gasteiger partial charge is 0.319 e. The highest BCUT2D eigenvalue weighted by Crippen LogP contribution is 2.36. The first-order valence-electron chi connectivity index (χ1n) is 7.86. The Kier molecular flexibility index (Phi) is 6.37. The number of amides is 3. The molecule has 0 saturated heterocycles. The maximum Gasteiger partial charge on any atom is 0.319 e. The summed E-state index contributed by atoms with van der Waals surface area (Å²) in [7, 11) is 0. The number of likely N-dealkylation sites (N-methyl/N-ethyl adjacent to an activating group) is 1. The molecule has 1 aromatic rings. The lowest BCUT2D eigenvalue weighted by molar-refractivity contribution is 0.0991. The van der Waals surface area contributed by atoms with Gasteiger partial charge in [-0.1, -0.05) is 13.8 Å². The van der Waals surface area contributed by atoms with Crippen LogP contribution in [0.15, 0.2) is 0 Å². The molecule has 0 radical (unpaired) electrons. The summed E-state index contributed by atoms with van der Waals surface area (Å²) in [5.41, 5.74) is 6.82. The zero-order valence-corrected chi connectivity index (χ0v) is 14.4. The number of primary amides is 1. The van der Waals surface area contributed by atoms with Crippen LogP contribution in [-0.4, -0.2) is 49.6 Å². The predicted octanol–water partition coefficient (Wildman–Crippen LogP) is 1.38. The highest BCUT2D eigenvalue weighted by atomic mass is 32.1. The summed E-state index contributed by atoms with van der Waals surface area (Å²) < 4.78 is 5.39. The second-order valence-corrected chi connectivity index (χ2v) is 6.39. The molecule has 0 unspecified atom stereocenters. The summed E-state index contributed by atoms with van der Waals surface area (Å²) in [5, 5.41) is 6.07. The molecule has 4 N–H and O–H groups in total. The van der Waals surface area contributed by atoms with Crippen LogP contribution < -0.4 is 16.4 Å². The van der Waals surface area contributed by atoms with Crippen LogP contribution in [0.25, 0.3) is 0 Å². The third-order valence-corrected chi connectivity index (χ3v) is 5.02. The van der Waals surface area contributed by atoms with Gasteiger partial charge < -0.3 is 20.7 Å². The lowest BCUT2D eigenvalue weighted by Crippen LogP contribution is -2.37. The fraction of sp³-hybridized carbons (Fsp3) is 0.600. The monoisotopic (exact) mass is 340 g/mol. The van der Waals surface area contributed by atoms with Crippen LogP contribution in [0.5, 0.6) is 0 Å². The Morgan fingerprint density at radius 2 is 2.09 bits per heavy atom. The average molecular weight is 340 g/mol. The molecule has 1 aliphatic rings. The van der Waals surface area contributed by atoms with Crippen molar-refractivity contribution in [2.75, 3.05) is 38.1 Å². The van der Waals surface area contributed by atoms with E-state index >= 15 is 0 Å². The number of thiophene rings is 1. The number of nitrogens with zero attached hydrogens (tertiary/aromatic N) is 1. The molecule has 1 aromatic heterocycles. The van der Waals surface area contributed by atoms with Crippen molar-refractivity contribution < 1.29 is 14.3 Å². The Bertz CT molecular complexity index is 569. The van der Waals surface area contributed by atoms with Crippen molar-refractivity contribution >= 4 is 28.3 Å². The zero-order valence-electron chi connectivity index (χ0n) is 13.6. The molecule has 0 fully saturated rings. The maximum absolute atomic E-state index is 12.0. The minimum atomic E-state index is -0.511.